The predicted octanol–water partition coefficient (Wildman–Crippen LogP) is 3.82. The van der Waals surface area contributed by atoms with Gasteiger partial charge in [0.15, 0.2) is 0 Å². The normalized spacial score (nSPS) is 21.6. The molecule has 3 atom stereocenters. The van der Waals surface area contributed by atoms with Gasteiger partial charge < -0.3 is 10.6 Å². The summed E-state index contributed by atoms with van der Waals surface area (Å²) in [5.74, 6) is -1.17. The Hall–Kier alpha value is -2.83. The van der Waals surface area contributed by atoms with Crippen LogP contribution in [0, 0.1) is 5.92 Å². The van der Waals surface area contributed by atoms with E-state index < -0.39 is 23.7 Å². The molecule has 2 fully saturated rings. The van der Waals surface area contributed by atoms with E-state index in [0.717, 1.165) is 30.5 Å². The van der Waals surface area contributed by atoms with Gasteiger partial charge in [0.05, 0.1) is 5.56 Å². The second-order valence-electron chi connectivity index (χ2n) is 8.11. The average molecular weight is 416 g/mol. The van der Waals surface area contributed by atoms with Crippen molar-refractivity contribution in [2.24, 2.45) is 5.92 Å². The zero-order chi connectivity index (χ0) is 21.3. The van der Waals surface area contributed by atoms with Gasteiger partial charge in [0.2, 0.25) is 11.8 Å². The Morgan fingerprint density at radius 2 is 1.77 bits per heavy atom. The van der Waals surface area contributed by atoms with E-state index in [2.05, 4.69) is 10.6 Å². The molecule has 2 aliphatic carbocycles. The summed E-state index contributed by atoms with van der Waals surface area (Å²) in [5, 5.41) is 5.76. The number of benzene rings is 2. The van der Waals surface area contributed by atoms with Crippen molar-refractivity contribution >= 4 is 11.8 Å². The van der Waals surface area contributed by atoms with E-state index in [1.54, 1.807) is 6.07 Å². The van der Waals surface area contributed by atoms with Crippen LogP contribution in [0.25, 0.3) is 0 Å². The third-order valence-corrected chi connectivity index (χ3v) is 5.61. The molecule has 0 spiro atoms. The van der Waals surface area contributed by atoms with Gasteiger partial charge in [0.25, 0.3) is 0 Å². The van der Waals surface area contributed by atoms with Gasteiger partial charge in [-0.2, -0.15) is 13.2 Å². The van der Waals surface area contributed by atoms with Gasteiger partial charge in [-0.1, -0.05) is 48.5 Å². The van der Waals surface area contributed by atoms with Crippen LogP contribution < -0.4 is 10.6 Å². The SMILES string of the molecule is O=C(NC1CC1)C(Cc1ccccc1)NC(=O)C1CC1c1cccc(C(F)(F)F)c1. The van der Waals surface area contributed by atoms with Crippen molar-refractivity contribution < 1.29 is 22.8 Å². The highest BCUT2D eigenvalue weighted by molar-refractivity contribution is 5.90. The van der Waals surface area contributed by atoms with Gasteiger partial charge in [-0.25, -0.2) is 0 Å². The summed E-state index contributed by atoms with van der Waals surface area (Å²) in [7, 11) is 0. The number of carbonyl (C=O) groups excluding carboxylic acids is 2. The summed E-state index contributed by atoms with van der Waals surface area (Å²) in [6, 6.07) is 14.0. The zero-order valence-electron chi connectivity index (χ0n) is 16.3. The van der Waals surface area contributed by atoms with E-state index in [1.807, 2.05) is 30.3 Å². The Labute approximate surface area is 172 Å². The molecule has 7 heteroatoms. The predicted molar refractivity (Wildman–Crippen MR) is 106 cm³/mol. The van der Waals surface area contributed by atoms with Crippen LogP contribution in [-0.4, -0.2) is 23.9 Å². The lowest BCUT2D eigenvalue weighted by Crippen LogP contribution is -2.49. The van der Waals surface area contributed by atoms with E-state index in [9.17, 15) is 22.8 Å². The van der Waals surface area contributed by atoms with Gasteiger partial charge in [0.1, 0.15) is 6.04 Å². The van der Waals surface area contributed by atoms with Gasteiger partial charge in [-0.3, -0.25) is 9.59 Å². The Kier molecular flexibility index (Phi) is 5.54. The van der Waals surface area contributed by atoms with Crippen LogP contribution in [0.3, 0.4) is 0 Å². The number of hydrogen-bond donors (Lipinski definition) is 2. The number of halogens is 3. The fourth-order valence-corrected chi connectivity index (χ4v) is 3.67. The van der Waals surface area contributed by atoms with Crippen molar-refractivity contribution in [2.75, 3.05) is 0 Å². The number of carbonyl (C=O) groups is 2. The number of nitrogens with one attached hydrogen (secondary N) is 2. The molecule has 2 aromatic carbocycles. The molecule has 4 rings (SSSR count). The highest BCUT2D eigenvalue weighted by Crippen LogP contribution is 2.48. The van der Waals surface area contributed by atoms with Gasteiger partial charge in [-0.05, 0) is 42.4 Å². The van der Waals surface area contributed by atoms with E-state index in [0.29, 0.717) is 18.4 Å². The third-order valence-electron chi connectivity index (χ3n) is 5.61. The molecular formula is C23H23F3N2O2. The van der Waals surface area contributed by atoms with Crippen molar-refractivity contribution in [2.45, 2.75) is 49.9 Å². The molecular weight excluding hydrogens is 393 g/mol. The van der Waals surface area contributed by atoms with Gasteiger partial charge in [0, 0.05) is 18.4 Å². The third kappa shape index (κ3) is 5.01. The van der Waals surface area contributed by atoms with Crippen molar-refractivity contribution in [1.29, 1.82) is 0 Å². The molecule has 2 saturated carbocycles. The topological polar surface area (TPSA) is 58.2 Å². The van der Waals surface area contributed by atoms with Crippen LogP contribution in [0.2, 0.25) is 0 Å². The Balaban J connectivity index is 1.42. The first kappa shape index (κ1) is 20.4. The number of rotatable bonds is 7. The molecule has 0 saturated heterocycles. The highest BCUT2D eigenvalue weighted by atomic mass is 19.4. The molecule has 0 radical (unpaired) electrons. The molecule has 0 aromatic heterocycles. The number of amides is 2. The summed E-state index contributed by atoms with van der Waals surface area (Å²) in [6.07, 6.45) is -1.68. The largest absolute Gasteiger partial charge is 0.416 e. The zero-order valence-corrected chi connectivity index (χ0v) is 16.3. The first-order valence-electron chi connectivity index (χ1n) is 10.1. The number of alkyl halides is 3. The van der Waals surface area contributed by atoms with Crippen molar-refractivity contribution in [3.05, 3.63) is 71.3 Å². The van der Waals surface area contributed by atoms with Crippen LogP contribution in [0.15, 0.2) is 54.6 Å². The summed E-state index contributed by atoms with van der Waals surface area (Å²) in [6.45, 7) is 0. The maximum absolute atomic E-state index is 13.0. The van der Waals surface area contributed by atoms with E-state index in [4.69, 9.17) is 0 Å². The molecule has 158 valence electrons. The maximum Gasteiger partial charge on any atom is 0.416 e. The van der Waals surface area contributed by atoms with Crippen LogP contribution in [0.1, 0.15) is 41.9 Å². The Morgan fingerprint density at radius 3 is 2.43 bits per heavy atom. The molecule has 2 N–H and O–H groups in total. The standard InChI is InChI=1S/C23H23F3N2O2/c24-23(25,26)16-8-4-7-15(12-16)18-13-19(18)21(29)28-20(22(30)27-17-9-10-17)11-14-5-2-1-3-6-14/h1-8,12,17-20H,9-11,13H2,(H,27,30)(H,28,29). The lowest BCUT2D eigenvalue weighted by molar-refractivity contribution is -0.137. The maximum atomic E-state index is 13.0. The van der Waals surface area contributed by atoms with Crippen LogP contribution in [0.4, 0.5) is 13.2 Å². The number of hydrogen-bond acceptors (Lipinski definition) is 2. The summed E-state index contributed by atoms with van der Waals surface area (Å²) in [5.41, 5.74) is 0.725. The highest BCUT2D eigenvalue weighted by Gasteiger charge is 2.45. The fraction of sp³-hybridized carbons (Fsp3) is 0.391. The molecule has 0 bridgehead atoms. The monoisotopic (exact) mass is 416 g/mol. The Bertz CT molecular complexity index is 926. The average Bonchev–Trinajstić information content (AvgIpc) is 3.62. The van der Waals surface area contributed by atoms with Crippen LogP contribution >= 0.6 is 0 Å². The van der Waals surface area contributed by atoms with Gasteiger partial charge in [-0.15, -0.1) is 0 Å². The van der Waals surface area contributed by atoms with Crippen LogP contribution in [0.5, 0.6) is 0 Å². The van der Waals surface area contributed by atoms with Crippen LogP contribution in [-0.2, 0) is 22.2 Å². The molecule has 30 heavy (non-hydrogen) atoms. The smallest absolute Gasteiger partial charge is 0.352 e. The summed E-state index contributed by atoms with van der Waals surface area (Å²) in [4.78, 5) is 25.4. The molecule has 2 amide bonds. The Morgan fingerprint density at radius 1 is 1.03 bits per heavy atom. The van der Waals surface area contributed by atoms with Crippen molar-refractivity contribution in [3.63, 3.8) is 0 Å². The fourth-order valence-electron chi connectivity index (χ4n) is 3.67. The van der Waals surface area contributed by atoms with E-state index >= 15 is 0 Å². The van der Waals surface area contributed by atoms with Crippen molar-refractivity contribution in [1.82, 2.24) is 10.6 Å². The second kappa shape index (κ2) is 8.13. The molecule has 2 aliphatic rings. The second-order valence-corrected chi connectivity index (χ2v) is 8.11. The molecule has 0 heterocycles. The van der Waals surface area contributed by atoms with E-state index in [-0.39, 0.29) is 23.8 Å². The lowest BCUT2D eigenvalue weighted by Gasteiger charge is -2.19. The first-order chi connectivity index (χ1) is 14.3. The lowest BCUT2D eigenvalue weighted by atomic mass is 10.0. The van der Waals surface area contributed by atoms with E-state index in [1.165, 1.54) is 6.07 Å². The minimum absolute atomic E-state index is 0.173. The summed E-state index contributed by atoms with van der Waals surface area (Å²) < 4.78 is 38.9. The molecule has 4 nitrogen and oxygen atoms in total. The molecule has 3 unspecified atom stereocenters. The first-order valence-corrected chi connectivity index (χ1v) is 10.1. The minimum atomic E-state index is -4.41. The van der Waals surface area contributed by atoms with Gasteiger partial charge >= 0.3 is 6.18 Å². The van der Waals surface area contributed by atoms with Crippen molar-refractivity contribution in [3.8, 4) is 0 Å². The minimum Gasteiger partial charge on any atom is -0.352 e. The molecule has 0 aliphatic heterocycles. The molecule has 2 aromatic rings. The quantitative estimate of drug-likeness (QED) is 0.721. The summed E-state index contributed by atoms with van der Waals surface area (Å²) >= 11 is 0.